The molecule has 0 atom stereocenters. The van der Waals surface area contributed by atoms with Crippen LogP contribution in [0, 0.1) is 5.95 Å². The summed E-state index contributed by atoms with van der Waals surface area (Å²) in [6, 6.07) is 6.96. The second-order valence-corrected chi connectivity index (χ2v) is 10.6. The molecule has 0 aliphatic carbocycles. The maximum absolute atomic E-state index is 12.9. The van der Waals surface area contributed by atoms with E-state index >= 15 is 0 Å². The van der Waals surface area contributed by atoms with Gasteiger partial charge in [-0.15, -0.1) is 0 Å². The number of aromatic nitrogens is 2. The number of hydrogen-bond donors (Lipinski definition) is 0. The van der Waals surface area contributed by atoms with Crippen molar-refractivity contribution in [2.45, 2.75) is 19.6 Å². The molecule has 0 saturated heterocycles. The van der Waals surface area contributed by atoms with Crippen LogP contribution in [0.3, 0.4) is 0 Å². The van der Waals surface area contributed by atoms with E-state index in [0.29, 0.717) is 5.56 Å². The van der Waals surface area contributed by atoms with Gasteiger partial charge in [0.1, 0.15) is 5.15 Å². The molecule has 18 heavy (non-hydrogen) atoms. The van der Waals surface area contributed by atoms with Gasteiger partial charge < -0.3 is 0 Å². The fourth-order valence-electron chi connectivity index (χ4n) is 1.65. The summed E-state index contributed by atoms with van der Waals surface area (Å²) >= 11 is 5.95. The smallest absolute Gasteiger partial charge is 0.214 e. The van der Waals surface area contributed by atoms with E-state index in [1.165, 1.54) is 11.3 Å². The predicted octanol–water partition coefficient (Wildman–Crippen LogP) is 3.48. The number of pyridine rings is 2. The molecule has 0 bridgehead atoms. The fraction of sp³-hybridized carbons (Fsp3) is 0.231. The average molecular weight is 281 g/mol. The van der Waals surface area contributed by atoms with Gasteiger partial charge in [0, 0.05) is 11.8 Å². The van der Waals surface area contributed by atoms with Crippen molar-refractivity contribution < 1.29 is 4.39 Å². The number of rotatable bonds is 2. The van der Waals surface area contributed by atoms with E-state index in [0.717, 1.165) is 5.69 Å². The summed E-state index contributed by atoms with van der Waals surface area (Å²) < 4.78 is 12.9. The molecule has 0 aliphatic heterocycles. The van der Waals surface area contributed by atoms with E-state index in [-0.39, 0.29) is 5.15 Å². The average Bonchev–Trinajstić information content (AvgIpc) is 2.28. The van der Waals surface area contributed by atoms with Gasteiger partial charge in [-0.2, -0.15) is 4.39 Å². The van der Waals surface area contributed by atoms with Gasteiger partial charge in [0.05, 0.1) is 13.8 Å². The van der Waals surface area contributed by atoms with Crippen molar-refractivity contribution in [2.75, 3.05) is 0 Å². The molecule has 0 unspecified atom stereocenters. The molecule has 0 amide bonds. The molecular formula is C13H14ClFN2Si. The molecule has 0 aliphatic rings. The Morgan fingerprint density at radius 1 is 1.17 bits per heavy atom. The Morgan fingerprint density at radius 3 is 2.50 bits per heavy atom. The van der Waals surface area contributed by atoms with E-state index in [1.54, 1.807) is 12.3 Å². The molecule has 0 aromatic carbocycles. The molecule has 2 aromatic rings. The Labute approximate surface area is 112 Å². The Morgan fingerprint density at radius 2 is 1.89 bits per heavy atom. The van der Waals surface area contributed by atoms with E-state index in [9.17, 15) is 4.39 Å². The first-order valence-electron chi connectivity index (χ1n) is 5.67. The van der Waals surface area contributed by atoms with Crippen LogP contribution < -0.4 is 5.19 Å². The topological polar surface area (TPSA) is 25.8 Å². The number of halogens is 2. The highest BCUT2D eigenvalue weighted by Crippen LogP contribution is 2.24. The maximum atomic E-state index is 12.9. The monoisotopic (exact) mass is 280 g/mol. The van der Waals surface area contributed by atoms with Crippen LogP contribution in [0.25, 0.3) is 11.3 Å². The second kappa shape index (κ2) is 4.78. The third kappa shape index (κ3) is 2.76. The first kappa shape index (κ1) is 13.2. The van der Waals surface area contributed by atoms with Crippen LogP contribution in [-0.4, -0.2) is 18.0 Å². The highest BCUT2D eigenvalue weighted by molar-refractivity contribution is 6.88. The van der Waals surface area contributed by atoms with Crippen LogP contribution in [0.5, 0.6) is 0 Å². The van der Waals surface area contributed by atoms with Crippen molar-refractivity contribution in [1.82, 2.24) is 9.97 Å². The molecule has 0 radical (unpaired) electrons. The van der Waals surface area contributed by atoms with Crippen molar-refractivity contribution in [3.05, 3.63) is 41.6 Å². The first-order valence-corrected chi connectivity index (χ1v) is 9.54. The highest BCUT2D eigenvalue weighted by Gasteiger charge is 2.17. The van der Waals surface area contributed by atoms with Gasteiger partial charge in [0.15, 0.2) is 0 Å². The van der Waals surface area contributed by atoms with E-state index < -0.39 is 14.0 Å². The minimum Gasteiger partial charge on any atom is -0.256 e. The van der Waals surface area contributed by atoms with Gasteiger partial charge in [-0.3, -0.25) is 4.98 Å². The molecule has 0 saturated carbocycles. The predicted molar refractivity (Wildman–Crippen MR) is 75.4 cm³/mol. The van der Waals surface area contributed by atoms with Crippen LogP contribution in [0.4, 0.5) is 4.39 Å². The van der Waals surface area contributed by atoms with Crippen LogP contribution >= 0.6 is 11.6 Å². The summed E-state index contributed by atoms with van der Waals surface area (Å²) in [4.78, 5) is 7.90. The van der Waals surface area contributed by atoms with Gasteiger partial charge in [-0.1, -0.05) is 36.4 Å². The van der Waals surface area contributed by atoms with Gasteiger partial charge in [-0.25, -0.2) is 4.98 Å². The zero-order chi connectivity index (χ0) is 13.3. The number of nitrogens with zero attached hydrogens (tertiary/aromatic N) is 2. The lowest BCUT2D eigenvalue weighted by Crippen LogP contribution is -2.37. The highest BCUT2D eigenvalue weighted by atomic mass is 35.5. The van der Waals surface area contributed by atoms with Crippen LogP contribution in [0.15, 0.2) is 30.5 Å². The lowest BCUT2D eigenvalue weighted by atomic mass is 10.2. The molecule has 2 nitrogen and oxygen atoms in total. The van der Waals surface area contributed by atoms with Crippen molar-refractivity contribution in [3.63, 3.8) is 0 Å². The summed E-state index contributed by atoms with van der Waals surface area (Å²) in [7, 11) is -1.40. The minimum absolute atomic E-state index is 0.148. The van der Waals surface area contributed by atoms with E-state index in [4.69, 9.17) is 11.6 Å². The summed E-state index contributed by atoms with van der Waals surface area (Å²) in [5.41, 5.74) is 1.41. The van der Waals surface area contributed by atoms with Crippen molar-refractivity contribution in [1.29, 1.82) is 0 Å². The quantitative estimate of drug-likeness (QED) is 0.622. The third-order valence-corrected chi connectivity index (χ3v) is 5.05. The Hall–Kier alpha value is -1.26. The normalized spacial score (nSPS) is 11.6. The van der Waals surface area contributed by atoms with Gasteiger partial charge in [0.2, 0.25) is 5.95 Å². The van der Waals surface area contributed by atoms with E-state index in [2.05, 4.69) is 29.6 Å². The summed E-state index contributed by atoms with van der Waals surface area (Å²) in [6.07, 6.45) is 1.77. The summed E-state index contributed by atoms with van der Waals surface area (Å²) in [5.74, 6) is -0.579. The lowest BCUT2D eigenvalue weighted by Gasteiger charge is -2.17. The van der Waals surface area contributed by atoms with Gasteiger partial charge >= 0.3 is 0 Å². The maximum Gasteiger partial charge on any atom is 0.214 e. The largest absolute Gasteiger partial charge is 0.256 e. The van der Waals surface area contributed by atoms with Crippen molar-refractivity contribution >= 4 is 24.9 Å². The lowest BCUT2D eigenvalue weighted by molar-refractivity contribution is 0.584. The van der Waals surface area contributed by atoms with Crippen molar-refractivity contribution in [3.8, 4) is 11.3 Å². The standard InChI is InChI=1S/C13H14ClFN2Si/c1-18(2,3)9-6-7-16-11(8-9)10-4-5-12(15)17-13(10)14/h4-8H,1-3H3. The first-order chi connectivity index (χ1) is 8.38. The van der Waals surface area contributed by atoms with E-state index in [1.807, 2.05) is 12.1 Å². The van der Waals surface area contributed by atoms with Crippen LogP contribution in [0.2, 0.25) is 24.8 Å². The SMILES string of the molecule is C[Si](C)(C)c1ccnc(-c2ccc(F)nc2Cl)c1. The Bertz CT molecular complexity index is 581. The summed E-state index contributed by atoms with van der Waals surface area (Å²) in [6.45, 7) is 6.78. The van der Waals surface area contributed by atoms with Gasteiger partial charge in [0.25, 0.3) is 0 Å². The fourth-order valence-corrected chi connectivity index (χ4v) is 3.03. The molecule has 0 spiro atoms. The van der Waals surface area contributed by atoms with Gasteiger partial charge in [-0.05, 0) is 24.3 Å². The molecule has 2 rings (SSSR count). The molecule has 94 valence electrons. The Kier molecular flexibility index (Phi) is 3.50. The summed E-state index contributed by atoms with van der Waals surface area (Å²) in [5, 5.41) is 1.43. The minimum atomic E-state index is -1.40. The molecule has 0 N–H and O–H groups in total. The molecule has 2 aromatic heterocycles. The molecular weight excluding hydrogens is 267 g/mol. The van der Waals surface area contributed by atoms with Crippen LogP contribution in [0.1, 0.15) is 0 Å². The zero-order valence-corrected chi connectivity index (χ0v) is 12.3. The Balaban J connectivity index is 2.51. The third-order valence-electron chi connectivity index (χ3n) is 2.72. The molecule has 0 fully saturated rings. The van der Waals surface area contributed by atoms with Crippen molar-refractivity contribution in [2.24, 2.45) is 0 Å². The molecule has 5 heteroatoms. The molecule has 2 heterocycles. The van der Waals surface area contributed by atoms with Crippen LogP contribution in [-0.2, 0) is 0 Å². The zero-order valence-electron chi connectivity index (χ0n) is 10.5. The number of hydrogen-bond acceptors (Lipinski definition) is 2. The second-order valence-electron chi connectivity index (χ2n) is 5.15.